The van der Waals surface area contributed by atoms with Gasteiger partial charge in [-0.1, -0.05) is 67.3 Å². The fourth-order valence-electron chi connectivity index (χ4n) is 3.62. The maximum Gasteiger partial charge on any atom is -0.00239 e. The first-order chi connectivity index (χ1) is 10.6. The third-order valence-electron chi connectivity index (χ3n) is 4.70. The summed E-state index contributed by atoms with van der Waals surface area (Å²) >= 11 is 0. The molecule has 0 aliphatic rings. The molecule has 4 aromatic carbocycles. The summed E-state index contributed by atoms with van der Waals surface area (Å²) in [4.78, 5) is 0. The molecule has 0 amide bonds. The van der Waals surface area contributed by atoms with Crippen molar-refractivity contribution >= 4 is 44.5 Å². The highest BCUT2D eigenvalue weighted by atomic mass is 14.2. The summed E-state index contributed by atoms with van der Waals surface area (Å²) in [6, 6.07) is 17.5. The fraction of sp³-hybridized carbons (Fsp3) is 0.0909. The van der Waals surface area contributed by atoms with E-state index < -0.39 is 0 Å². The number of aryl methyl sites for hydroxylation is 1. The second-order valence-electron chi connectivity index (χ2n) is 6.15. The molecule has 22 heavy (non-hydrogen) atoms. The van der Waals surface area contributed by atoms with E-state index in [1.807, 2.05) is 0 Å². The summed E-state index contributed by atoms with van der Waals surface area (Å²) in [7, 11) is 0. The summed E-state index contributed by atoms with van der Waals surface area (Å²) < 4.78 is 0. The second-order valence-corrected chi connectivity index (χ2v) is 6.15. The third kappa shape index (κ3) is 1.58. The molecule has 0 heteroatoms. The first-order valence-electron chi connectivity index (χ1n) is 7.61. The van der Waals surface area contributed by atoms with Crippen molar-refractivity contribution in [2.45, 2.75) is 13.8 Å². The van der Waals surface area contributed by atoms with E-state index in [2.05, 4.69) is 75.5 Å². The van der Waals surface area contributed by atoms with Gasteiger partial charge in [0.2, 0.25) is 0 Å². The molecule has 0 bridgehead atoms. The zero-order valence-electron chi connectivity index (χ0n) is 13.0. The molecule has 0 fully saturated rings. The molecule has 0 saturated carbocycles. The Morgan fingerprint density at radius 2 is 1.41 bits per heavy atom. The maximum atomic E-state index is 4.41. The van der Waals surface area contributed by atoms with Crippen LogP contribution in [0.2, 0.25) is 0 Å². The van der Waals surface area contributed by atoms with Crippen LogP contribution in [-0.2, 0) is 0 Å². The lowest BCUT2D eigenvalue weighted by Gasteiger charge is -2.15. The average molecular weight is 282 g/mol. The summed E-state index contributed by atoms with van der Waals surface area (Å²) in [5.74, 6) is 0. The SMILES string of the molecule is C=C(C)c1cccc2c1c(=C)c1cccc3c(C)ccc2c31. The standard InChI is InChI=1S/C22H18/c1-13(2)16-7-5-10-19-20-12-11-14(3)17-8-6-9-18(22(17)20)15(4)21(16)19/h5-12H,1,4H2,2-3H3. The molecule has 0 unspecified atom stereocenters. The average Bonchev–Trinajstić information content (AvgIpc) is 2.53. The van der Waals surface area contributed by atoms with E-state index in [0.717, 1.165) is 10.8 Å². The van der Waals surface area contributed by atoms with Crippen molar-refractivity contribution in [3.63, 3.8) is 0 Å². The lowest BCUT2D eigenvalue weighted by atomic mass is 9.89. The maximum absolute atomic E-state index is 4.41. The Bertz CT molecular complexity index is 1110. The van der Waals surface area contributed by atoms with E-state index in [4.69, 9.17) is 0 Å². The van der Waals surface area contributed by atoms with Crippen LogP contribution in [0.25, 0.3) is 44.5 Å². The van der Waals surface area contributed by atoms with Crippen molar-refractivity contribution in [2.24, 2.45) is 0 Å². The molecule has 0 aromatic heterocycles. The van der Waals surface area contributed by atoms with Gasteiger partial charge in [-0.05, 0) is 62.5 Å². The van der Waals surface area contributed by atoms with Crippen LogP contribution in [0.5, 0.6) is 0 Å². The van der Waals surface area contributed by atoms with Crippen molar-refractivity contribution in [1.82, 2.24) is 0 Å². The highest BCUT2D eigenvalue weighted by molar-refractivity contribution is 6.23. The van der Waals surface area contributed by atoms with Crippen LogP contribution >= 0.6 is 0 Å². The van der Waals surface area contributed by atoms with Crippen LogP contribution in [-0.4, -0.2) is 0 Å². The Labute approximate surface area is 130 Å². The number of fused-ring (bicyclic) bond motifs is 2. The van der Waals surface area contributed by atoms with Crippen molar-refractivity contribution < 1.29 is 0 Å². The van der Waals surface area contributed by atoms with Crippen LogP contribution < -0.4 is 5.22 Å². The smallest absolute Gasteiger partial charge is 0.00239 e. The molecule has 0 N–H and O–H groups in total. The molecule has 0 heterocycles. The minimum absolute atomic E-state index is 1.08. The topological polar surface area (TPSA) is 0 Å². The van der Waals surface area contributed by atoms with Crippen molar-refractivity contribution in [3.8, 4) is 0 Å². The van der Waals surface area contributed by atoms with Gasteiger partial charge < -0.3 is 0 Å². The predicted octanol–water partition coefficient (Wildman–Crippen LogP) is 5.62. The summed E-state index contributed by atoms with van der Waals surface area (Å²) in [5.41, 5.74) is 3.60. The van der Waals surface area contributed by atoms with Crippen molar-refractivity contribution in [3.05, 3.63) is 71.5 Å². The Morgan fingerprint density at radius 1 is 0.773 bits per heavy atom. The van der Waals surface area contributed by atoms with Gasteiger partial charge in [-0.2, -0.15) is 0 Å². The van der Waals surface area contributed by atoms with Crippen LogP contribution in [0.3, 0.4) is 0 Å². The number of allylic oxidation sites excluding steroid dienone is 1. The van der Waals surface area contributed by atoms with Gasteiger partial charge in [0.25, 0.3) is 0 Å². The first-order valence-corrected chi connectivity index (χ1v) is 7.61. The van der Waals surface area contributed by atoms with Gasteiger partial charge in [-0.3, -0.25) is 0 Å². The molecule has 0 radical (unpaired) electrons. The molecule has 106 valence electrons. The molecule has 4 rings (SSSR count). The van der Waals surface area contributed by atoms with Gasteiger partial charge >= 0.3 is 0 Å². The van der Waals surface area contributed by atoms with Crippen molar-refractivity contribution in [2.75, 3.05) is 0 Å². The largest absolute Gasteiger partial charge is 0.0955 e. The summed E-state index contributed by atoms with van der Waals surface area (Å²) in [5, 5.41) is 8.82. The van der Waals surface area contributed by atoms with E-state index in [1.54, 1.807) is 0 Å². The van der Waals surface area contributed by atoms with Crippen LogP contribution in [0.1, 0.15) is 18.1 Å². The number of rotatable bonds is 1. The monoisotopic (exact) mass is 282 g/mol. The Morgan fingerprint density at radius 3 is 2.18 bits per heavy atom. The lowest BCUT2D eigenvalue weighted by molar-refractivity contribution is 1.54. The molecule has 0 spiro atoms. The van der Waals surface area contributed by atoms with Gasteiger partial charge in [0.1, 0.15) is 0 Å². The zero-order chi connectivity index (χ0) is 15.4. The van der Waals surface area contributed by atoms with Crippen molar-refractivity contribution in [1.29, 1.82) is 0 Å². The number of hydrogen-bond donors (Lipinski definition) is 0. The van der Waals surface area contributed by atoms with E-state index in [-0.39, 0.29) is 0 Å². The molecule has 0 nitrogen and oxygen atoms in total. The van der Waals surface area contributed by atoms with Crippen LogP contribution in [0, 0.1) is 6.92 Å². The predicted molar refractivity (Wildman–Crippen MR) is 99.1 cm³/mol. The first kappa shape index (κ1) is 13.1. The Hall–Kier alpha value is -2.60. The molecule has 0 aliphatic carbocycles. The normalized spacial score (nSPS) is 11.5. The lowest BCUT2D eigenvalue weighted by Crippen LogP contribution is -2.05. The van der Waals surface area contributed by atoms with Crippen LogP contribution in [0.15, 0.2) is 55.1 Å². The summed E-state index contributed by atoms with van der Waals surface area (Å²) in [6.07, 6.45) is 0. The Kier molecular flexibility index (Phi) is 2.65. The Balaban J connectivity index is 2.44. The molecule has 0 atom stereocenters. The van der Waals surface area contributed by atoms with E-state index >= 15 is 0 Å². The molecular weight excluding hydrogens is 264 g/mol. The molecular formula is C22H18. The van der Waals surface area contributed by atoms with Gasteiger partial charge in [0.15, 0.2) is 0 Å². The third-order valence-corrected chi connectivity index (χ3v) is 4.70. The van der Waals surface area contributed by atoms with Gasteiger partial charge in [0, 0.05) is 0 Å². The van der Waals surface area contributed by atoms with Gasteiger partial charge in [0.05, 0.1) is 0 Å². The molecule has 0 saturated heterocycles. The quantitative estimate of drug-likeness (QED) is 0.314. The minimum atomic E-state index is 1.08. The van der Waals surface area contributed by atoms with E-state index in [9.17, 15) is 0 Å². The second kappa shape index (κ2) is 4.45. The molecule has 0 aliphatic heterocycles. The fourth-order valence-corrected chi connectivity index (χ4v) is 3.62. The minimum Gasteiger partial charge on any atom is -0.0955 e. The highest BCUT2D eigenvalue weighted by Gasteiger charge is 2.12. The summed E-state index contributed by atoms with van der Waals surface area (Å²) in [6.45, 7) is 12.8. The van der Waals surface area contributed by atoms with Gasteiger partial charge in [-0.25, -0.2) is 0 Å². The van der Waals surface area contributed by atoms with Crippen LogP contribution in [0.4, 0.5) is 0 Å². The van der Waals surface area contributed by atoms with Gasteiger partial charge in [-0.15, -0.1) is 0 Å². The number of hydrogen-bond acceptors (Lipinski definition) is 0. The highest BCUT2D eigenvalue weighted by Crippen LogP contribution is 2.34. The number of benzene rings is 4. The van der Waals surface area contributed by atoms with E-state index in [0.29, 0.717) is 0 Å². The molecule has 4 aromatic rings. The van der Waals surface area contributed by atoms with E-state index in [1.165, 1.54) is 43.4 Å². The zero-order valence-corrected chi connectivity index (χ0v) is 13.0.